The van der Waals surface area contributed by atoms with Crippen molar-refractivity contribution in [2.75, 3.05) is 5.32 Å². The van der Waals surface area contributed by atoms with Crippen LogP contribution in [-0.2, 0) is 0 Å². The van der Waals surface area contributed by atoms with Crippen molar-refractivity contribution in [3.8, 4) is 0 Å². The molecule has 0 saturated heterocycles. The maximum atomic E-state index is 6.06. The summed E-state index contributed by atoms with van der Waals surface area (Å²) in [5.41, 5.74) is 0.953. The Bertz CT molecular complexity index is 702. The van der Waals surface area contributed by atoms with E-state index in [2.05, 4.69) is 24.3 Å². The lowest BCUT2D eigenvalue weighted by Crippen LogP contribution is -2.09. The van der Waals surface area contributed by atoms with Gasteiger partial charge in [-0.25, -0.2) is 0 Å². The number of nitrogens with one attached hydrogen (secondary N) is 1. The molecular formula is C15H16ClN3OS. The minimum Gasteiger partial charge on any atom is -0.467 e. The SMILES string of the molecule is CC(C)n1cc(NC(c2ccco2)c2ccc(Cl)s2)cn1. The molecule has 6 heteroatoms. The van der Waals surface area contributed by atoms with Crippen molar-refractivity contribution in [3.05, 3.63) is 57.9 Å². The summed E-state index contributed by atoms with van der Waals surface area (Å²) in [6.45, 7) is 4.19. The van der Waals surface area contributed by atoms with E-state index in [9.17, 15) is 0 Å². The molecule has 0 aromatic carbocycles. The Labute approximate surface area is 132 Å². The summed E-state index contributed by atoms with van der Waals surface area (Å²) in [6.07, 6.45) is 5.50. The highest BCUT2D eigenvalue weighted by Crippen LogP contribution is 2.33. The van der Waals surface area contributed by atoms with E-state index < -0.39 is 0 Å². The average molecular weight is 322 g/mol. The molecular weight excluding hydrogens is 306 g/mol. The van der Waals surface area contributed by atoms with Gasteiger partial charge in [0, 0.05) is 17.1 Å². The third kappa shape index (κ3) is 3.14. The van der Waals surface area contributed by atoms with E-state index in [-0.39, 0.29) is 6.04 Å². The number of anilines is 1. The smallest absolute Gasteiger partial charge is 0.131 e. The Morgan fingerprint density at radius 3 is 2.76 bits per heavy atom. The first kappa shape index (κ1) is 14.2. The van der Waals surface area contributed by atoms with Crippen LogP contribution in [0.5, 0.6) is 0 Å². The van der Waals surface area contributed by atoms with E-state index in [1.807, 2.05) is 41.3 Å². The molecule has 0 saturated carbocycles. The van der Waals surface area contributed by atoms with Gasteiger partial charge in [-0.05, 0) is 38.1 Å². The molecule has 0 aliphatic carbocycles. The maximum absolute atomic E-state index is 6.06. The van der Waals surface area contributed by atoms with Gasteiger partial charge >= 0.3 is 0 Å². The minimum absolute atomic E-state index is 0.0673. The van der Waals surface area contributed by atoms with Gasteiger partial charge in [0.05, 0.1) is 22.5 Å². The molecule has 0 amide bonds. The number of furan rings is 1. The van der Waals surface area contributed by atoms with Crippen LogP contribution in [0.3, 0.4) is 0 Å². The highest BCUT2D eigenvalue weighted by molar-refractivity contribution is 7.16. The predicted molar refractivity (Wildman–Crippen MR) is 86.1 cm³/mol. The monoisotopic (exact) mass is 321 g/mol. The molecule has 3 aromatic rings. The van der Waals surface area contributed by atoms with Gasteiger partial charge in [-0.3, -0.25) is 4.68 Å². The average Bonchev–Trinajstić information content (AvgIpc) is 3.17. The van der Waals surface area contributed by atoms with Gasteiger partial charge in [-0.15, -0.1) is 11.3 Å². The fraction of sp³-hybridized carbons (Fsp3) is 0.267. The summed E-state index contributed by atoms with van der Waals surface area (Å²) < 4.78 is 8.24. The largest absolute Gasteiger partial charge is 0.467 e. The van der Waals surface area contributed by atoms with E-state index >= 15 is 0 Å². The first-order valence-corrected chi connectivity index (χ1v) is 7.92. The zero-order chi connectivity index (χ0) is 14.8. The fourth-order valence-electron chi connectivity index (χ4n) is 2.08. The van der Waals surface area contributed by atoms with Crippen LogP contribution in [0, 0.1) is 0 Å². The van der Waals surface area contributed by atoms with Crippen molar-refractivity contribution < 1.29 is 4.42 Å². The summed E-state index contributed by atoms with van der Waals surface area (Å²) in [6, 6.07) is 8.02. The molecule has 3 rings (SSSR count). The van der Waals surface area contributed by atoms with Gasteiger partial charge in [0.1, 0.15) is 11.8 Å². The first-order chi connectivity index (χ1) is 10.1. The van der Waals surface area contributed by atoms with Crippen LogP contribution in [0.1, 0.15) is 36.6 Å². The van der Waals surface area contributed by atoms with Crippen molar-refractivity contribution in [1.82, 2.24) is 9.78 Å². The van der Waals surface area contributed by atoms with Crippen LogP contribution in [0.2, 0.25) is 4.34 Å². The van der Waals surface area contributed by atoms with Crippen LogP contribution >= 0.6 is 22.9 Å². The van der Waals surface area contributed by atoms with Crippen LogP contribution < -0.4 is 5.32 Å². The number of rotatable bonds is 5. The van der Waals surface area contributed by atoms with Crippen LogP contribution in [-0.4, -0.2) is 9.78 Å². The topological polar surface area (TPSA) is 43.0 Å². The molecule has 110 valence electrons. The Morgan fingerprint density at radius 1 is 1.33 bits per heavy atom. The third-order valence-corrected chi connectivity index (χ3v) is 4.44. The Morgan fingerprint density at radius 2 is 2.19 bits per heavy atom. The second kappa shape index (κ2) is 5.95. The van der Waals surface area contributed by atoms with Gasteiger partial charge in [0.2, 0.25) is 0 Å². The van der Waals surface area contributed by atoms with E-state index in [1.54, 1.807) is 17.6 Å². The molecule has 1 atom stereocenters. The number of nitrogens with zero attached hydrogens (tertiary/aromatic N) is 2. The number of aromatic nitrogens is 2. The van der Waals surface area contributed by atoms with Crippen LogP contribution in [0.15, 0.2) is 47.3 Å². The van der Waals surface area contributed by atoms with E-state index in [4.69, 9.17) is 16.0 Å². The number of hydrogen-bond acceptors (Lipinski definition) is 4. The molecule has 1 unspecified atom stereocenters. The van der Waals surface area contributed by atoms with Gasteiger partial charge < -0.3 is 9.73 Å². The van der Waals surface area contributed by atoms with Crippen molar-refractivity contribution >= 4 is 28.6 Å². The van der Waals surface area contributed by atoms with Gasteiger partial charge in [0.25, 0.3) is 0 Å². The van der Waals surface area contributed by atoms with E-state index in [0.717, 1.165) is 20.7 Å². The summed E-state index contributed by atoms with van der Waals surface area (Å²) in [4.78, 5) is 1.10. The zero-order valence-electron chi connectivity index (χ0n) is 11.8. The molecule has 0 aliphatic heterocycles. The van der Waals surface area contributed by atoms with Crippen LogP contribution in [0.25, 0.3) is 0 Å². The summed E-state index contributed by atoms with van der Waals surface area (Å²) in [5.74, 6) is 0.853. The van der Waals surface area contributed by atoms with Crippen LogP contribution in [0.4, 0.5) is 5.69 Å². The van der Waals surface area contributed by atoms with Gasteiger partial charge in [-0.2, -0.15) is 5.10 Å². The summed E-state index contributed by atoms with van der Waals surface area (Å²) in [7, 11) is 0. The Hall–Kier alpha value is -1.72. The summed E-state index contributed by atoms with van der Waals surface area (Å²) in [5, 5.41) is 7.81. The van der Waals surface area contributed by atoms with Crippen molar-refractivity contribution in [1.29, 1.82) is 0 Å². The third-order valence-electron chi connectivity index (χ3n) is 3.15. The molecule has 21 heavy (non-hydrogen) atoms. The fourth-order valence-corrected chi connectivity index (χ4v) is 3.20. The quantitative estimate of drug-likeness (QED) is 0.721. The predicted octanol–water partition coefficient (Wildman–Crippen LogP) is 4.97. The minimum atomic E-state index is -0.0673. The number of thiophene rings is 1. The Balaban J connectivity index is 1.89. The molecule has 3 aromatic heterocycles. The lowest BCUT2D eigenvalue weighted by molar-refractivity contribution is 0.500. The maximum Gasteiger partial charge on any atom is 0.131 e. The molecule has 0 bridgehead atoms. The molecule has 4 nitrogen and oxygen atoms in total. The van der Waals surface area contributed by atoms with Crippen molar-refractivity contribution in [3.63, 3.8) is 0 Å². The highest BCUT2D eigenvalue weighted by Gasteiger charge is 2.19. The number of halogens is 1. The van der Waals surface area contributed by atoms with E-state index in [0.29, 0.717) is 6.04 Å². The second-order valence-corrected chi connectivity index (χ2v) is 6.78. The van der Waals surface area contributed by atoms with Gasteiger partial charge in [-0.1, -0.05) is 11.6 Å². The molecule has 3 heterocycles. The second-order valence-electron chi connectivity index (χ2n) is 5.04. The molecule has 0 fully saturated rings. The van der Waals surface area contributed by atoms with Gasteiger partial charge in [0.15, 0.2) is 0 Å². The standard InChI is InChI=1S/C15H16ClN3OS/c1-10(2)19-9-11(8-17-19)18-15(12-4-3-7-20-12)13-5-6-14(16)21-13/h3-10,15,18H,1-2H3. The number of hydrogen-bond donors (Lipinski definition) is 1. The molecule has 0 radical (unpaired) electrons. The first-order valence-electron chi connectivity index (χ1n) is 6.73. The highest BCUT2D eigenvalue weighted by atomic mass is 35.5. The van der Waals surface area contributed by atoms with Crippen molar-refractivity contribution in [2.45, 2.75) is 25.9 Å². The normalized spacial score (nSPS) is 12.8. The Kier molecular flexibility index (Phi) is 4.03. The summed E-state index contributed by atoms with van der Waals surface area (Å²) >= 11 is 7.60. The zero-order valence-corrected chi connectivity index (χ0v) is 13.4. The lowest BCUT2D eigenvalue weighted by atomic mass is 10.2. The van der Waals surface area contributed by atoms with Crippen molar-refractivity contribution in [2.24, 2.45) is 0 Å². The molecule has 0 spiro atoms. The van der Waals surface area contributed by atoms with E-state index in [1.165, 1.54) is 0 Å². The molecule has 0 aliphatic rings. The lowest BCUT2D eigenvalue weighted by Gasteiger charge is -2.15. The molecule has 1 N–H and O–H groups in total.